The smallest absolute Gasteiger partial charge is 0.285 e. The van der Waals surface area contributed by atoms with E-state index in [1.165, 1.54) is 10.7 Å². The first kappa shape index (κ1) is 17.5. The molecule has 0 aliphatic carbocycles. The summed E-state index contributed by atoms with van der Waals surface area (Å²) in [5.74, 6) is 1.83. The Kier molecular flexibility index (Phi) is 4.33. The van der Waals surface area contributed by atoms with Crippen LogP contribution in [0.2, 0.25) is 0 Å². The quantitative estimate of drug-likeness (QED) is 0.760. The van der Waals surface area contributed by atoms with E-state index in [0.29, 0.717) is 31.1 Å². The van der Waals surface area contributed by atoms with E-state index >= 15 is 0 Å². The van der Waals surface area contributed by atoms with Crippen molar-refractivity contribution in [1.82, 2.24) is 24.5 Å². The number of oxazole rings is 1. The van der Waals surface area contributed by atoms with Crippen molar-refractivity contribution >= 4 is 11.6 Å². The molecule has 0 saturated heterocycles. The molecule has 0 fully saturated rings. The second-order valence-corrected chi connectivity index (χ2v) is 7.50. The van der Waals surface area contributed by atoms with Crippen molar-refractivity contribution in [3.05, 3.63) is 51.2 Å². The summed E-state index contributed by atoms with van der Waals surface area (Å²) in [6, 6.07) is 1.76. The van der Waals surface area contributed by atoms with Crippen molar-refractivity contribution in [3.8, 4) is 0 Å². The Morgan fingerprint density at radius 2 is 2.22 bits per heavy atom. The molecule has 142 valence electrons. The Morgan fingerprint density at radius 1 is 1.41 bits per heavy atom. The lowest BCUT2D eigenvalue weighted by Gasteiger charge is -2.24. The maximum atomic E-state index is 12.9. The van der Waals surface area contributed by atoms with Gasteiger partial charge in [-0.2, -0.15) is 0 Å². The van der Waals surface area contributed by atoms with E-state index in [-0.39, 0.29) is 17.0 Å². The summed E-state index contributed by atoms with van der Waals surface area (Å²) in [5.41, 5.74) is 1.77. The fourth-order valence-electron chi connectivity index (χ4n) is 3.34. The number of aryl methyl sites for hydroxylation is 2. The van der Waals surface area contributed by atoms with Gasteiger partial charge in [0.15, 0.2) is 11.5 Å². The van der Waals surface area contributed by atoms with Gasteiger partial charge in [-0.1, -0.05) is 13.8 Å². The number of amides is 1. The summed E-state index contributed by atoms with van der Waals surface area (Å²) >= 11 is 0. The molecule has 0 saturated carbocycles. The van der Waals surface area contributed by atoms with Crippen LogP contribution in [-0.4, -0.2) is 36.9 Å². The number of carbonyl (C=O) groups is 1. The van der Waals surface area contributed by atoms with Gasteiger partial charge in [-0.3, -0.25) is 14.7 Å². The van der Waals surface area contributed by atoms with Crippen molar-refractivity contribution in [2.75, 3.05) is 6.54 Å². The Labute approximate surface area is 156 Å². The van der Waals surface area contributed by atoms with Gasteiger partial charge in [-0.05, 0) is 19.3 Å². The molecule has 3 aromatic heterocycles. The minimum Gasteiger partial charge on any atom is -0.445 e. The molecular weight excluding hydrogens is 346 g/mol. The van der Waals surface area contributed by atoms with Crippen LogP contribution in [0.15, 0.2) is 21.5 Å². The number of aromatic nitrogens is 4. The molecule has 0 radical (unpaired) electrons. The molecule has 8 heteroatoms. The maximum absolute atomic E-state index is 12.9. The number of aromatic amines is 1. The lowest BCUT2D eigenvalue weighted by Crippen LogP contribution is -2.39. The topological polar surface area (TPSA) is 96.5 Å². The van der Waals surface area contributed by atoms with E-state index in [1.54, 1.807) is 11.0 Å². The van der Waals surface area contributed by atoms with Crippen LogP contribution < -0.4 is 5.56 Å². The molecule has 0 spiro atoms. The zero-order chi connectivity index (χ0) is 19.1. The van der Waals surface area contributed by atoms with Crippen molar-refractivity contribution in [1.29, 1.82) is 0 Å². The zero-order valence-electron chi connectivity index (χ0n) is 15.8. The lowest BCUT2D eigenvalue weighted by molar-refractivity contribution is 0.0725. The average Bonchev–Trinajstić information content (AvgIpc) is 3.21. The molecule has 3 aromatic rings. The van der Waals surface area contributed by atoms with Gasteiger partial charge in [-0.25, -0.2) is 14.5 Å². The van der Waals surface area contributed by atoms with Gasteiger partial charge in [0.2, 0.25) is 0 Å². The van der Waals surface area contributed by atoms with Gasteiger partial charge in [0.05, 0.1) is 6.54 Å². The molecule has 0 aromatic carbocycles. The number of carbonyl (C=O) groups excluding carboxylic acids is 1. The fourth-order valence-corrected chi connectivity index (χ4v) is 3.34. The van der Waals surface area contributed by atoms with E-state index in [9.17, 15) is 9.59 Å². The van der Waals surface area contributed by atoms with Crippen LogP contribution in [-0.2, 0) is 19.4 Å². The Hall–Kier alpha value is -2.90. The molecule has 0 atom stereocenters. The minimum atomic E-state index is -0.387. The normalized spacial score (nSPS) is 14.1. The number of H-pyrrole nitrogens is 1. The summed E-state index contributed by atoms with van der Waals surface area (Å²) in [6.07, 6.45) is 3.78. The third-order valence-electron chi connectivity index (χ3n) is 4.85. The second kappa shape index (κ2) is 6.68. The van der Waals surface area contributed by atoms with Gasteiger partial charge in [0.1, 0.15) is 17.0 Å². The number of nitrogens with zero attached hydrogens (tertiary/aromatic N) is 4. The highest BCUT2D eigenvalue weighted by molar-refractivity contribution is 5.93. The summed E-state index contributed by atoms with van der Waals surface area (Å²) in [6.45, 7) is 7.02. The van der Waals surface area contributed by atoms with Crippen molar-refractivity contribution in [2.45, 2.75) is 46.6 Å². The molecule has 27 heavy (non-hydrogen) atoms. The monoisotopic (exact) mass is 369 g/mol. The second-order valence-electron chi connectivity index (χ2n) is 7.50. The summed E-state index contributed by atoms with van der Waals surface area (Å²) in [7, 11) is 0. The Bertz CT molecular complexity index is 1060. The highest BCUT2D eigenvalue weighted by atomic mass is 16.4. The Morgan fingerprint density at radius 3 is 3.00 bits per heavy atom. The van der Waals surface area contributed by atoms with E-state index in [4.69, 9.17) is 4.42 Å². The maximum Gasteiger partial charge on any atom is 0.285 e. The van der Waals surface area contributed by atoms with Crippen molar-refractivity contribution in [2.24, 2.45) is 5.92 Å². The van der Waals surface area contributed by atoms with Gasteiger partial charge in [-0.15, -0.1) is 0 Å². The first-order chi connectivity index (χ1) is 12.9. The van der Waals surface area contributed by atoms with Crippen molar-refractivity contribution < 1.29 is 9.21 Å². The first-order valence-corrected chi connectivity index (χ1v) is 9.26. The highest BCUT2D eigenvalue weighted by Crippen LogP contribution is 2.22. The summed E-state index contributed by atoms with van der Waals surface area (Å²) < 4.78 is 7.15. The van der Waals surface area contributed by atoms with E-state index < -0.39 is 0 Å². The van der Waals surface area contributed by atoms with Crippen LogP contribution in [0.4, 0.5) is 0 Å². The van der Waals surface area contributed by atoms with Crippen LogP contribution in [0.3, 0.4) is 0 Å². The third-order valence-corrected chi connectivity index (χ3v) is 4.85. The molecule has 8 nitrogen and oxygen atoms in total. The largest absolute Gasteiger partial charge is 0.445 e. The first-order valence-electron chi connectivity index (χ1n) is 9.26. The average molecular weight is 369 g/mol. The predicted octanol–water partition coefficient (Wildman–Crippen LogP) is 2.11. The van der Waals surface area contributed by atoms with Gasteiger partial charge >= 0.3 is 0 Å². The molecule has 1 aliphatic heterocycles. The lowest BCUT2D eigenvalue weighted by atomic mass is 10.1. The molecule has 1 aliphatic rings. The zero-order valence-corrected chi connectivity index (χ0v) is 15.8. The van der Waals surface area contributed by atoms with Crippen LogP contribution in [0.5, 0.6) is 0 Å². The molecule has 0 bridgehead atoms. The van der Waals surface area contributed by atoms with E-state index in [0.717, 1.165) is 35.9 Å². The molecule has 1 amide bonds. The number of hydrogen-bond donors (Lipinski definition) is 1. The number of hydrogen-bond acceptors (Lipinski definition) is 5. The third kappa shape index (κ3) is 3.27. The summed E-state index contributed by atoms with van der Waals surface area (Å²) in [5, 5.41) is 2.91. The predicted molar refractivity (Wildman–Crippen MR) is 98.7 cm³/mol. The molecule has 0 unspecified atom stereocenters. The number of rotatable bonds is 4. The minimum absolute atomic E-state index is 0.0568. The summed E-state index contributed by atoms with van der Waals surface area (Å²) in [4.78, 5) is 36.0. The van der Waals surface area contributed by atoms with Crippen molar-refractivity contribution in [3.63, 3.8) is 0 Å². The van der Waals surface area contributed by atoms with Crippen LogP contribution in [0.1, 0.15) is 53.7 Å². The van der Waals surface area contributed by atoms with E-state index in [1.807, 2.05) is 6.92 Å². The number of nitrogens with one attached hydrogen (secondary N) is 1. The molecule has 4 heterocycles. The standard InChI is InChI=1S/C19H23N5O3/c1-11(2)4-5-17-21-14-10-23(7-6-15(14)27-17)18(25)13-9-20-16-8-12(3)22-24(16)19(13)26/h8-9,11,22H,4-7,10H2,1-3H3. The molecule has 4 rings (SSSR count). The number of fused-ring (bicyclic) bond motifs is 2. The molecule has 1 N–H and O–H groups in total. The van der Waals surface area contributed by atoms with Crippen LogP contribution >= 0.6 is 0 Å². The highest BCUT2D eigenvalue weighted by Gasteiger charge is 2.28. The van der Waals surface area contributed by atoms with E-state index in [2.05, 4.69) is 28.9 Å². The molecular formula is C19H23N5O3. The van der Waals surface area contributed by atoms with Gasteiger partial charge in [0.25, 0.3) is 11.5 Å². The SMILES string of the molecule is Cc1cc2ncc(C(=O)N3CCc4oc(CCC(C)C)nc4C3)c(=O)n2[nH]1. The van der Waals surface area contributed by atoms with Crippen LogP contribution in [0.25, 0.3) is 5.65 Å². The van der Waals surface area contributed by atoms with Gasteiger partial charge in [0, 0.05) is 37.3 Å². The fraction of sp³-hybridized carbons (Fsp3) is 0.474. The van der Waals surface area contributed by atoms with Crippen LogP contribution in [0, 0.1) is 12.8 Å². The van der Waals surface area contributed by atoms with Gasteiger partial charge < -0.3 is 9.32 Å². The Balaban J connectivity index is 1.56.